The second-order valence-corrected chi connectivity index (χ2v) is 4.98. The molecule has 0 spiro atoms. The Labute approximate surface area is 107 Å². The molecule has 0 aliphatic carbocycles. The van der Waals surface area contributed by atoms with E-state index >= 15 is 0 Å². The van der Waals surface area contributed by atoms with E-state index in [4.69, 9.17) is 5.73 Å². The van der Waals surface area contributed by atoms with Gasteiger partial charge >= 0.3 is 0 Å². The summed E-state index contributed by atoms with van der Waals surface area (Å²) in [6.45, 7) is 3.73. The Balaban J connectivity index is 2.15. The highest BCUT2D eigenvalue weighted by molar-refractivity contribution is 5.94. The van der Waals surface area contributed by atoms with Gasteiger partial charge in [0.25, 0.3) is 5.91 Å². The summed E-state index contributed by atoms with van der Waals surface area (Å²) in [5.41, 5.74) is 6.63. The maximum absolute atomic E-state index is 13.8. The minimum atomic E-state index is -0.435. The molecule has 18 heavy (non-hydrogen) atoms. The van der Waals surface area contributed by atoms with E-state index in [2.05, 4.69) is 0 Å². The Morgan fingerprint density at radius 3 is 3.00 bits per heavy atom. The Kier molecular flexibility index (Phi) is 3.97. The number of nitrogens with zero attached hydrogens (tertiary/aromatic N) is 1. The lowest BCUT2D eigenvalue weighted by atomic mass is 9.97. The lowest BCUT2D eigenvalue weighted by molar-refractivity contribution is 0.0673. The Hall–Kier alpha value is -1.42. The molecule has 1 amide bonds. The third kappa shape index (κ3) is 2.70. The molecule has 1 saturated heterocycles. The van der Waals surface area contributed by atoms with Gasteiger partial charge in [-0.15, -0.1) is 0 Å². The molecule has 0 aromatic heterocycles. The largest absolute Gasteiger partial charge is 0.338 e. The van der Waals surface area contributed by atoms with Gasteiger partial charge in [-0.1, -0.05) is 6.07 Å². The quantitative estimate of drug-likeness (QED) is 0.872. The molecule has 1 fully saturated rings. The van der Waals surface area contributed by atoms with E-state index in [1.54, 1.807) is 17.0 Å². The van der Waals surface area contributed by atoms with E-state index in [1.807, 2.05) is 6.92 Å². The van der Waals surface area contributed by atoms with Gasteiger partial charge in [0.2, 0.25) is 0 Å². The van der Waals surface area contributed by atoms with Crippen molar-refractivity contribution in [3.63, 3.8) is 0 Å². The number of likely N-dealkylation sites (tertiary alicyclic amines) is 1. The van der Waals surface area contributed by atoms with Crippen LogP contribution in [0.2, 0.25) is 0 Å². The van der Waals surface area contributed by atoms with Gasteiger partial charge in [0.1, 0.15) is 5.82 Å². The molecule has 0 bridgehead atoms. The van der Waals surface area contributed by atoms with Crippen molar-refractivity contribution in [1.29, 1.82) is 0 Å². The number of nitrogens with two attached hydrogens (primary N) is 1. The summed E-state index contributed by atoms with van der Waals surface area (Å²) < 4.78 is 13.8. The van der Waals surface area contributed by atoms with Gasteiger partial charge in [-0.2, -0.15) is 0 Å². The number of benzene rings is 1. The van der Waals surface area contributed by atoms with Crippen molar-refractivity contribution in [3.8, 4) is 0 Å². The first-order valence-electron chi connectivity index (χ1n) is 6.37. The summed E-state index contributed by atoms with van der Waals surface area (Å²) in [5.74, 6) is -0.309. The van der Waals surface area contributed by atoms with Crippen molar-refractivity contribution in [1.82, 2.24) is 4.90 Å². The van der Waals surface area contributed by atoms with Crippen molar-refractivity contribution in [2.75, 3.05) is 19.6 Å². The molecular weight excluding hydrogens is 231 g/mol. The standard InChI is InChI=1S/C14H19FN2O/c1-10-4-5-12(13(15)7-10)14(18)17-6-2-3-11(8-16)9-17/h4-5,7,11H,2-3,6,8-9,16H2,1H3. The molecule has 1 aromatic rings. The number of piperidine rings is 1. The molecule has 1 heterocycles. The van der Waals surface area contributed by atoms with E-state index < -0.39 is 5.82 Å². The first-order chi connectivity index (χ1) is 8.61. The van der Waals surface area contributed by atoms with Gasteiger partial charge < -0.3 is 10.6 Å². The van der Waals surface area contributed by atoms with Gasteiger partial charge in [0.05, 0.1) is 5.56 Å². The number of carbonyl (C=O) groups excluding carboxylic acids is 1. The van der Waals surface area contributed by atoms with E-state index in [0.717, 1.165) is 18.4 Å². The van der Waals surface area contributed by atoms with Gasteiger partial charge in [-0.25, -0.2) is 4.39 Å². The van der Waals surface area contributed by atoms with E-state index in [-0.39, 0.29) is 11.5 Å². The molecule has 1 aromatic carbocycles. The number of halogens is 1. The van der Waals surface area contributed by atoms with Gasteiger partial charge in [-0.05, 0) is 49.9 Å². The summed E-state index contributed by atoms with van der Waals surface area (Å²) in [4.78, 5) is 14.0. The summed E-state index contributed by atoms with van der Waals surface area (Å²) >= 11 is 0. The first-order valence-corrected chi connectivity index (χ1v) is 6.37. The minimum absolute atomic E-state index is 0.165. The molecular formula is C14H19FN2O. The molecule has 1 aliphatic heterocycles. The van der Waals surface area contributed by atoms with Crippen LogP contribution in [0.3, 0.4) is 0 Å². The van der Waals surface area contributed by atoms with E-state index in [1.165, 1.54) is 6.07 Å². The highest BCUT2D eigenvalue weighted by Gasteiger charge is 2.25. The molecule has 2 N–H and O–H groups in total. The van der Waals surface area contributed by atoms with Crippen LogP contribution in [0.25, 0.3) is 0 Å². The number of aryl methyl sites for hydroxylation is 1. The zero-order chi connectivity index (χ0) is 13.1. The zero-order valence-corrected chi connectivity index (χ0v) is 10.7. The summed E-state index contributed by atoms with van der Waals surface area (Å²) in [7, 11) is 0. The summed E-state index contributed by atoms with van der Waals surface area (Å²) in [6, 6.07) is 4.73. The normalized spacial score (nSPS) is 19.9. The fourth-order valence-corrected chi connectivity index (χ4v) is 2.41. The average molecular weight is 250 g/mol. The Morgan fingerprint density at radius 1 is 1.56 bits per heavy atom. The predicted octanol–water partition coefficient (Wildman–Crippen LogP) is 1.95. The van der Waals surface area contributed by atoms with Crippen molar-refractivity contribution in [3.05, 3.63) is 35.1 Å². The molecule has 4 heteroatoms. The summed E-state index contributed by atoms with van der Waals surface area (Å²) in [6.07, 6.45) is 2.00. The number of carbonyl (C=O) groups is 1. The smallest absolute Gasteiger partial charge is 0.256 e. The van der Waals surface area contributed by atoms with Crippen molar-refractivity contribution < 1.29 is 9.18 Å². The highest BCUT2D eigenvalue weighted by atomic mass is 19.1. The van der Waals surface area contributed by atoms with Crippen molar-refractivity contribution in [2.45, 2.75) is 19.8 Å². The minimum Gasteiger partial charge on any atom is -0.338 e. The van der Waals surface area contributed by atoms with Gasteiger partial charge in [0, 0.05) is 13.1 Å². The monoisotopic (exact) mass is 250 g/mol. The molecule has 3 nitrogen and oxygen atoms in total. The number of hydrogen-bond acceptors (Lipinski definition) is 2. The SMILES string of the molecule is Cc1ccc(C(=O)N2CCCC(CN)C2)c(F)c1. The fraction of sp³-hybridized carbons (Fsp3) is 0.500. The average Bonchev–Trinajstić information content (AvgIpc) is 2.38. The Morgan fingerprint density at radius 2 is 2.33 bits per heavy atom. The van der Waals surface area contributed by atoms with Crippen LogP contribution >= 0.6 is 0 Å². The van der Waals surface area contributed by atoms with Gasteiger partial charge in [-0.3, -0.25) is 4.79 Å². The molecule has 1 atom stereocenters. The van der Waals surface area contributed by atoms with Crippen LogP contribution in [0.5, 0.6) is 0 Å². The van der Waals surface area contributed by atoms with Crippen molar-refractivity contribution in [2.24, 2.45) is 11.7 Å². The maximum atomic E-state index is 13.8. The number of rotatable bonds is 2. The van der Waals surface area contributed by atoms with Crippen LogP contribution in [-0.2, 0) is 0 Å². The van der Waals surface area contributed by atoms with E-state index in [9.17, 15) is 9.18 Å². The lowest BCUT2D eigenvalue weighted by Gasteiger charge is -2.32. The maximum Gasteiger partial charge on any atom is 0.256 e. The molecule has 2 rings (SSSR count). The Bertz CT molecular complexity index is 447. The van der Waals surface area contributed by atoms with Crippen LogP contribution in [0.1, 0.15) is 28.8 Å². The molecule has 0 radical (unpaired) electrons. The summed E-state index contributed by atoms with van der Waals surface area (Å²) in [5, 5.41) is 0. The highest BCUT2D eigenvalue weighted by Crippen LogP contribution is 2.19. The fourth-order valence-electron chi connectivity index (χ4n) is 2.41. The van der Waals surface area contributed by atoms with Crippen LogP contribution in [-0.4, -0.2) is 30.4 Å². The molecule has 1 aliphatic rings. The van der Waals surface area contributed by atoms with Crippen molar-refractivity contribution >= 4 is 5.91 Å². The van der Waals surface area contributed by atoms with Crippen LogP contribution < -0.4 is 5.73 Å². The molecule has 1 unspecified atom stereocenters. The third-order valence-electron chi connectivity index (χ3n) is 3.49. The molecule has 0 saturated carbocycles. The number of hydrogen-bond donors (Lipinski definition) is 1. The van der Waals surface area contributed by atoms with Crippen LogP contribution in [0, 0.1) is 18.7 Å². The second kappa shape index (κ2) is 5.48. The van der Waals surface area contributed by atoms with Gasteiger partial charge in [0.15, 0.2) is 0 Å². The second-order valence-electron chi connectivity index (χ2n) is 4.98. The zero-order valence-electron chi connectivity index (χ0n) is 10.7. The molecule has 98 valence electrons. The number of amides is 1. The topological polar surface area (TPSA) is 46.3 Å². The third-order valence-corrected chi connectivity index (χ3v) is 3.49. The first kappa shape index (κ1) is 13.0. The lowest BCUT2D eigenvalue weighted by Crippen LogP contribution is -2.42. The predicted molar refractivity (Wildman–Crippen MR) is 68.8 cm³/mol. The van der Waals surface area contributed by atoms with Crippen LogP contribution in [0.15, 0.2) is 18.2 Å². The van der Waals surface area contributed by atoms with Crippen LogP contribution in [0.4, 0.5) is 4.39 Å². The van der Waals surface area contributed by atoms with E-state index in [0.29, 0.717) is 25.6 Å².